The van der Waals surface area contributed by atoms with E-state index in [0.717, 1.165) is 19.3 Å². The highest BCUT2D eigenvalue weighted by molar-refractivity contribution is 5.89. The summed E-state index contributed by atoms with van der Waals surface area (Å²) in [5.41, 5.74) is 0. The average Bonchev–Trinajstić information content (AvgIpc) is 2.32. The van der Waals surface area contributed by atoms with E-state index in [2.05, 4.69) is 6.08 Å². The first kappa shape index (κ1) is 14.5. The summed E-state index contributed by atoms with van der Waals surface area (Å²) in [5.74, 6) is 0.331. The minimum atomic E-state index is 0.331. The molecule has 0 aromatic heterocycles. The molecule has 1 heteroatoms. The van der Waals surface area contributed by atoms with Crippen LogP contribution in [0.5, 0.6) is 0 Å². The second-order valence-electron chi connectivity index (χ2n) is 5.30. The molecule has 1 rings (SSSR count). The van der Waals surface area contributed by atoms with E-state index in [1.807, 2.05) is 6.08 Å². The molecule has 1 aliphatic rings. The van der Waals surface area contributed by atoms with Gasteiger partial charge in [-0.1, -0.05) is 63.9 Å². The molecule has 0 aromatic rings. The van der Waals surface area contributed by atoms with Gasteiger partial charge in [-0.2, -0.15) is 0 Å². The van der Waals surface area contributed by atoms with Crippen LogP contribution in [0.2, 0.25) is 0 Å². The highest BCUT2D eigenvalue weighted by Gasteiger charge is 1.98. The van der Waals surface area contributed by atoms with E-state index >= 15 is 0 Å². The third-order valence-electron chi connectivity index (χ3n) is 3.60. The first-order valence-electron chi connectivity index (χ1n) is 7.59. The lowest BCUT2D eigenvalue weighted by atomic mass is 10.0. The number of allylic oxidation sites excluding steroid dienone is 2. The second kappa shape index (κ2) is 10.6. The smallest absolute Gasteiger partial charge is 0.155 e. The maximum absolute atomic E-state index is 11.5. The van der Waals surface area contributed by atoms with Gasteiger partial charge in [0.25, 0.3) is 0 Å². The molecule has 0 atom stereocenters. The Balaban J connectivity index is 2.20. The van der Waals surface area contributed by atoms with Crippen LogP contribution in [0.15, 0.2) is 12.2 Å². The van der Waals surface area contributed by atoms with Gasteiger partial charge in [0.15, 0.2) is 5.78 Å². The van der Waals surface area contributed by atoms with Crippen molar-refractivity contribution in [3.8, 4) is 0 Å². The first-order valence-corrected chi connectivity index (χ1v) is 7.59. The predicted octanol–water partition coefficient (Wildman–Crippen LogP) is 5.20. The van der Waals surface area contributed by atoms with Gasteiger partial charge in [0.05, 0.1) is 0 Å². The van der Waals surface area contributed by atoms with Crippen LogP contribution in [0, 0.1) is 0 Å². The maximum atomic E-state index is 11.5. The van der Waals surface area contributed by atoms with Crippen LogP contribution in [0.25, 0.3) is 0 Å². The molecule has 0 N–H and O–H groups in total. The minimum Gasteiger partial charge on any atom is -0.295 e. The Kier molecular flexibility index (Phi) is 8.99. The Morgan fingerprint density at radius 2 is 1.12 bits per heavy atom. The molecule has 0 amide bonds. The van der Waals surface area contributed by atoms with Crippen molar-refractivity contribution in [2.24, 2.45) is 0 Å². The zero-order valence-corrected chi connectivity index (χ0v) is 11.3. The third-order valence-corrected chi connectivity index (χ3v) is 3.60. The number of carbonyl (C=O) groups excluding carboxylic acids is 1. The molecule has 0 fully saturated rings. The average molecular weight is 236 g/mol. The number of carbonyl (C=O) groups is 1. The molecule has 98 valence electrons. The largest absolute Gasteiger partial charge is 0.295 e. The van der Waals surface area contributed by atoms with Crippen LogP contribution in [0.3, 0.4) is 0 Å². The van der Waals surface area contributed by atoms with Crippen LogP contribution in [-0.4, -0.2) is 5.78 Å². The molecule has 1 nitrogen and oxygen atoms in total. The van der Waals surface area contributed by atoms with E-state index in [9.17, 15) is 4.79 Å². The molecule has 0 unspecified atom stereocenters. The van der Waals surface area contributed by atoms with Crippen molar-refractivity contribution in [1.29, 1.82) is 0 Å². The van der Waals surface area contributed by atoms with Crippen LogP contribution in [0.4, 0.5) is 0 Å². The van der Waals surface area contributed by atoms with Crippen LogP contribution >= 0.6 is 0 Å². The number of hydrogen-bond donors (Lipinski definition) is 0. The van der Waals surface area contributed by atoms with Gasteiger partial charge in [-0.15, -0.1) is 0 Å². The molecule has 0 saturated heterocycles. The summed E-state index contributed by atoms with van der Waals surface area (Å²) in [6, 6.07) is 0. The van der Waals surface area contributed by atoms with Gasteiger partial charge in [-0.25, -0.2) is 0 Å². The van der Waals surface area contributed by atoms with Gasteiger partial charge in [0.2, 0.25) is 0 Å². The molecule has 1 aliphatic carbocycles. The normalized spacial score (nSPS) is 24.4. The fourth-order valence-corrected chi connectivity index (χ4v) is 2.45. The fraction of sp³-hybridized carbons (Fsp3) is 0.812. The summed E-state index contributed by atoms with van der Waals surface area (Å²) in [7, 11) is 0. The van der Waals surface area contributed by atoms with Gasteiger partial charge < -0.3 is 0 Å². The molecule has 0 aromatic carbocycles. The summed E-state index contributed by atoms with van der Waals surface area (Å²) >= 11 is 0. The molecule has 0 saturated carbocycles. The van der Waals surface area contributed by atoms with Crippen molar-refractivity contribution in [3.63, 3.8) is 0 Å². The van der Waals surface area contributed by atoms with Crippen molar-refractivity contribution < 1.29 is 4.79 Å². The zero-order chi connectivity index (χ0) is 12.2. The first-order chi connectivity index (χ1) is 8.39. The highest BCUT2D eigenvalue weighted by Crippen LogP contribution is 2.13. The third kappa shape index (κ3) is 9.14. The molecule has 0 bridgehead atoms. The van der Waals surface area contributed by atoms with E-state index in [4.69, 9.17) is 0 Å². The number of ketones is 1. The standard InChI is InChI=1S/C16H28O/c17-16-14-12-10-8-6-4-2-1-3-5-7-9-11-13-15-16/h12,14H,1-11,13,15H2/b14-12+. The highest BCUT2D eigenvalue weighted by atomic mass is 16.1. The molecule has 0 radical (unpaired) electrons. The molecular formula is C16H28O. The predicted molar refractivity (Wildman–Crippen MR) is 74.2 cm³/mol. The van der Waals surface area contributed by atoms with E-state index in [-0.39, 0.29) is 0 Å². The van der Waals surface area contributed by atoms with Crippen molar-refractivity contribution >= 4 is 5.78 Å². The summed E-state index contributed by atoms with van der Waals surface area (Å²) < 4.78 is 0. The Hall–Kier alpha value is -0.590. The Bertz CT molecular complexity index is 218. The van der Waals surface area contributed by atoms with Crippen molar-refractivity contribution in [2.75, 3.05) is 0 Å². The Morgan fingerprint density at radius 1 is 0.647 bits per heavy atom. The molecule has 17 heavy (non-hydrogen) atoms. The lowest BCUT2D eigenvalue weighted by Gasteiger charge is -2.03. The van der Waals surface area contributed by atoms with Crippen LogP contribution in [0.1, 0.15) is 83.5 Å². The number of hydrogen-bond acceptors (Lipinski definition) is 1. The van der Waals surface area contributed by atoms with Crippen molar-refractivity contribution in [3.05, 3.63) is 12.2 Å². The van der Waals surface area contributed by atoms with E-state index in [1.54, 1.807) is 0 Å². The SMILES string of the molecule is O=C1/C=C/CCCCCCCCCCCCC1. The lowest BCUT2D eigenvalue weighted by Crippen LogP contribution is -1.92. The Morgan fingerprint density at radius 3 is 1.71 bits per heavy atom. The maximum Gasteiger partial charge on any atom is 0.155 e. The second-order valence-corrected chi connectivity index (χ2v) is 5.30. The topological polar surface area (TPSA) is 17.1 Å². The molecule has 0 heterocycles. The van der Waals surface area contributed by atoms with Gasteiger partial charge >= 0.3 is 0 Å². The zero-order valence-electron chi connectivity index (χ0n) is 11.3. The molecule has 0 spiro atoms. The van der Waals surface area contributed by atoms with Crippen LogP contribution in [-0.2, 0) is 4.79 Å². The molecular weight excluding hydrogens is 208 g/mol. The van der Waals surface area contributed by atoms with Gasteiger partial charge in [0.1, 0.15) is 0 Å². The van der Waals surface area contributed by atoms with Crippen molar-refractivity contribution in [2.45, 2.75) is 83.5 Å². The number of rotatable bonds is 0. The van der Waals surface area contributed by atoms with Gasteiger partial charge in [-0.3, -0.25) is 4.79 Å². The fourth-order valence-electron chi connectivity index (χ4n) is 2.45. The van der Waals surface area contributed by atoms with Crippen molar-refractivity contribution in [1.82, 2.24) is 0 Å². The summed E-state index contributed by atoms with van der Waals surface area (Å²) in [6.45, 7) is 0. The quantitative estimate of drug-likeness (QED) is 0.565. The van der Waals surface area contributed by atoms with E-state index in [1.165, 1.54) is 64.2 Å². The van der Waals surface area contributed by atoms with E-state index in [0.29, 0.717) is 5.78 Å². The molecule has 0 aliphatic heterocycles. The van der Waals surface area contributed by atoms with Gasteiger partial charge in [0, 0.05) is 6.42 Å². The Labute approximate surface area is 107 Å². The summed E-state index contributed by atoms with van der Waals surface area (Å²) in [5, 5.41) is 0. The summed E-state index contributed by atoms with van der Waals surface area (Å²) in [6.07, 6.45) is 20.3. The lowest BCUT2D eigenvalue weighted by molar-refractivity contribution is -0.114. The minimum absolute atomic E-state index is 0.331. The van der Waals surface area contributed by atoms with Gasteiger partial charge in [-0.05, 0) is 25.3 Å². The summed E-state index contributed by atoms with van der Waals surface area (Å²) in [4.78, 5) is 11.5. The monoisotopic (exact) mass is 236 g/mol. The van der Waals surface area contributed by atoms with E-state index < -0.39 is 0 Å². The van der Waals surface area contributed by atoms with Crippen LogP contribution < -0.4 is 0 Å².